The summed E-state index contributed by atoms with van der Waals surface area (Å²) in [6, 6.07) is 15.3. The molecule has 1 unspecified atom stereocenters. The molecule has 116 valence electrons. The van der Waals surface area contributed by atoms with Crippen LogP contribution in [-0.4, -0.2) is 15.6 Å². The van der Waals surface area contributed by atoms with Gasteiger partial charge in [0, 0.05) is 11.5 Å². The van der Waals surface area contributed by atoms with E-state index in [-0.39, 0.29) is 22.2 Å². The summed E-state index contributed by atoms with van der Waals surface area (Å²) >= 11 is 6.29. The smallest absolute Gasteiger partial charge is 0.335 e. The first-order valence-electron chi connectivity index (χ1n) is 7.12. The molecule has 0 fully saturated rings. The Bertz CT molecular complexity index is 948. The summed E-state index contributed by atoms with van der Waals surface area (Å²) in [5.41, 5.74) is 1.43. The average Bonchev–Trinajstić information content (AvgIpc) is 2.55. The van der Waals surface area contributed by atoms with E-state index in [1.807, 2.05) is 37.3 Å². The molecule has 0 aliphatic carbocycles. The van der Waals surface area contributed by atoms with Crippen molar-refractivity contribution in [1.29, 1.82) is 0 Å². The molecule has 5 heteroatoms. The zero-order valence-electron chi connectivity index (χ0n) is 12.4. The lowest BCUT2D eigenvalue weighted by Gasteiger charge is -2.19. The van der Waals surface area contributed by atoms with Crippen molar-refractivity contribution in [2.75, 3.05) is 0 Å². The van der Waals surface area contributed by atoms with Gasteiger partial charge in [0.25, 0.3) is 5.56 Å². The first-order valence-corrected chi connectivity index (χ1v) is 7.50. The van der Waals surface area contributed by atoms with Crippen LogP contribution in [0.5, 0.6) is 0 Å². The number of carbonyl (C=O) groups is 1. The third-order valence-electron chi connectivity index (χ3n) is 3.89. The fourth-order valence-electron chi connectivity index (χ4n) is 2.74. The third kappa shape index (κ3) is 2.73. The lowest BCUT2D eigenvalue weighted by Crippen LogP contribution is -2.23. The number of aromatic carboxylic acids is 1. The molecule has 0 aliphatic heterocycles. The molecule has 3 aromatic rings. The molecule has 1 heterocycles. The van der Waals surface area contributed by atoms with Gasteiger partial charge in [0.1, 0.15) is 0 Å². The zero-order chi connectivity index (χ0) is 16.6. The minimum atomic E-state index is -1.05. The first kappa shape index (κ1) is 15.3. The van der Waals surface area contributed by atoms with Crippen molar-refractivity contribution >= 4 is 28.5 Å². The molecule has 0 saturated heterocycles. The SMILES string of the molecule is CC(c1ccccc1)n1c(=O)ccc2cc(C(=O)O)cc(Cl)c21. The van der Waals surface area contributed by atoms with E-state index in [9.17, 15) is 9.59 Å². The van der Waals surface area contributed by atoms with Gasteiger partial charge in [0.15, 0.2) is 0 Å². The quantitative estimate of drug-likeness (QED) is 0.792. The Balaban J connectivity index is 2.30. The number of hydrogen-bond donors (Lipinski definition) is 1. The Morgan fingerprint density at radius 1 is 1.13 bits per heavy atom. The standard InChI is InChI=1S/C18H14ClNO3/c1-11(12-5-3-2-4-6-12)20-16(21)8-7-13-9-14(18(22)23)10-15(19)17(13)20/h2-11H,1H3,(H,22,23). The molecular formula is C18H14ClNO3. The molecule has 3 rings (SSSR count). The number of carboxylic acids is 1. The fraction of sp³-hybridized carbons (Fsp3) is 0.111. The molecule has 0 radical (unpaired) electrons. The first-order chi connectivity index (χ1) is 11.0. The lowest BCUT2D eigenvalue weighted by molar-refractivity contribution is 0.0697. The van der Waals surface area contributed by atoms with Crippen LogP contribution in [0.25, 0.3) is 10.9 Å². The fourth-order valence-corrected chi connectivity index (χ4v) is 3.06. The van der Waals surface area contributed by atoms with Crippen molar-refractivity contribution < 1.29 is 9.90 Å². The zero-order valence-corrected chi connectivity index (χ0v) is 13.1. The molecule has 0 saturated carbocycles. The van der Waals surface area contributed by atoms with Gasteiger partial charge < -0.3 is 5.11 Å². The minimum Gasteiger partial charge on any atom is -0.478 e. The Morgan fingerprint density at radius 2 is 1.83 bits per heavy atom. The molecule has 0 spiro atoms. The van der Waals surface area contributed by atoms with E-state index in [1.54, 1.807) is 10.6 Å². The van der Waals surface area contributed by atoms with Crippen molar-refractivity contribution in [2.24, 2.45) is 0 Å². The van der Waals surface area contributed by atoms with Crippen molar-refractivity contribution in [2.45, 2.75) is 13.0 Å². The van der Waals surface area contributed by atoms with E-state index in [4.69, 9.17) is 16.7 Å². The van der Waals surface area contributed by atoms with Gasteiger partial charge in [-0.1, -0.05) is 41.9 Å². The second-order valence-electron chi connectivity index (χ2n) is 5.33. The molecule has 23 heavy (non-hydrogen) atoms. The number of hydrogen-bond acceptors (Lipinski definition) is 2. The second kappa shape index (κ2) is 5.89. The highest BCUT2D eigenvalue weighted by Gasteiger charge is 2.16. The number of halogens is 1. The van der Waals surface area contributed by atoms with E-state index < -0.39 is 5.97 Å². The van der Waals surface area contributed by atoms with E-state index in [0.29, 0.717) is 10.9 Å². The normalized spacial score (nSPS) is 12.3. The van der Waals surface area contributed by atoms with Crippen molar-refractivity contribution in [1.82, 2.24) is 4.57 Å². The highest BCUT2D eigenvalue weighted by atomic mass is 35.5. The number of pyridine rings is 1. The van der Waals surface area contributed by atoms with Crippen LogP contribution < -0.4 is 5.56 Å². The molecule has 1 atom stereocenters. The molecule has 0 bridgehead atoms. The Labute approximate surface area is 137 Å². The maximum atomic E-state index is 12.4. The van der Waals surface area contributed by atoms with Gasteiger partial charge in [-0.15, -0.1) is 0 Å². The van der Waals surface area contributed by atoms with Crippen LogP contribution >= 0.6 is 11.6 Å². The average molecular weight is 328 g/mol. The van der Waals surface area contributed by atoms with Gasteiger partial charge in [-0.2, -0.15) is 0 Å². The topological polar surface area (TPSA) is 59.3 Å². The van der Waals surface area contributed by atoms with E-state index >= 15 is 0 Å². The van der Waals surface area contributed by atoms with Gasteiger partial charge in [0.05, 0.1) is 22.1 Å². The van der Waals surface area contributed by atoms with Gasteiger partial charge >= 0.3 is 5.97 Å². The maximum absolute atomic E-state index is 12.4. The second-order valence-corrected chi connectivity index (χ2v) is 5.74. The Kier molecular flexibility index (Phi) is 3.92. The number of benzene rings is 2. The molecule has 0 amide bonds. The van der Waals surface area contributed by atoms with Gasteiger partial charge in [0.2, 0.25) is 0 Å². The molecule has 1 aromatic heterocycles. The maximum Gasteiger partial charge on any atom is 0.335 e. The van der Waals surface area contributed by atoms with Crippen LogP contribution in [0.2, 0.25) is 5.02 Å². The molecule has 0 aliphatic rings. The van der Waals surface area contributed by atoms with Gasteiger partial charge in [-0.05, 0) is 30.7 Å². The largest absolute Gasteiger partial charge is 0.478 e. The number of rotatable bonds is 3. The van der Waals surface area contributed by atoms with E-state index in [1.165, 1.54) is 18.2 Å². The van der Waals surface area contributed by atoms with Crippen molar-refractivity contribution in [3.05, 3.63) is 81.1 Å². The Morgan fingerprint density at radius 3 is 2.48 bits per heavy atom. The van der Waals surface area contributed by atoms with Crippen LogP contribution in [0, 0.1) is 0 Å². The summed E-state index contributed by atoms with van der Waals surface area (Å²) in [5.74, 6) is -1.05. The third-order valence-corrected chi connectivity index (χ3v) is 4.18. The van der Waals surface area contributed by atoms with Crippen LogP contribution in [0.15, 0.2) is 59.4 Å². The molecule has 4 nitrogen and oxygen atoms in total. The Hall–Kier alpha value is -2.59. The predicted molar refractivity (Wildman–Crippen MR) is 90.4 cm³/mol. The van der Waals surface area contributed by atoms with E-state index in [2.05, 4.69) is 0 Å². The van der Waals surface area contributed by atoms with Crippen LogP contribution in [0.1, 0.15) is 28.9 Å². The monoisotopic (exact) mass is 327 g/mol. The van der Waals surface area contributed by atoms with Crippen molar-refractivity contribution in [3.8, 4) is 0 Å². The number of nitrogens with zero attached hydrogens (tertiary/aromatic N) is 1. The number of aromatic nitrogens is 1. The van der Waals surface area contributed by atoms with Crippen molar-refractivity contribution in [3.63, 3.8) is 0 Å². The summed E-state index contributed by atoms with van der Waals surface area (Å²) in [5, 5.41) is 10.0. The number of carboxylic acid groups (broad SMARTS) is 1. The number of fused-ring (bicyclic) bond motifs is 1. The van der Waals surface area contributed by atoms with Crippen LogP contribution in [-0.2, 0) is 0 Å². The highest BCUT2D eigenvalue weighted by Crippen LogP contribution is 2.28. The molecule has 1 N–H and O–H groups in total. The molecular weight excluding hydrogens is 314 g/mol. The summed E-state index contributed by atoms with van der Waals surface area (Å²) in [6.07, 6.45) is 0. The summed E-state index contributed by atoms with van der Waals surface area (Å²) in [4.78, 5) is 23.6. The van der Waals surface area contributed by atoms with Gasteiger partial charge in [-0.25, -0.2) is 4.79 Å². The lowest BCUT2D eigenvalue weighted by atomic mass is 10.1. The minimum absolute atomic E-state index is 0.0973. The van der Waals surface area contributed by atoms with Gasteiger partial charge in [-0.3, -0.25) is 9.36 Å². The van der Waals surface area contributed by atoms with E-state index in [0.717, 1.165) is 5.56 Å². The summed E-state index contributed by atoms with van der Waals surface area (Å²) < 4.78 is 1.60. The highest BCUT2D eigenvalue weighted by molar-refractivity contribution is 6.35. The summed E-state index contributed by atoms with van der Waals surface area (Å²) in [6.45, 7) is 1.91. The summed E-state index contributed by atoms with van der Waals surface area (Å²) in [7, 11) is 0. The molecule has 2 aromatic carbocycles. The van der Waals surface area contributed by atoms with Crippen LogP contribution in [0.4, 0.5) is 0 Å². The predicted octanol–water partition coefficient (Wildman–Crippen LogP) is 3.96. The van der Waals surface area contributed by atoms with Crippen LogP contribution in [0.3, 0.4) is 0 Å².